The first kappa shape index (κ1) is 16.9. The van der Waals surface area contributed by atoms with Gasteiger partial charge < -0.3 is 4.74 Å². The molecule has 4 rings (SSSR count). The van der Waals surface area contributed by atoms with Crippen LogP contribution in [0.3, 0.4) is 0 Å². The minimum absolute atomic E-state index is 0.0569. The highest BCUT2D eigenvalue weighted by atomic mass is 32.2. The van der Waals surface area contributed by atoms with Gasteiger partial charge in [0.25, 0.3) is 0 Å². The Morgan fingerprint density at radius 2 is 1.20 bits per heavy atom. The average molecular weight is 368 g/mol. The molecule has 3 aliphatic carbocycles. The first-order valence-corrected chi connectivity index (χ1v) is 10.4. The summed E-state index contributed by atoms with van der Waals surface area (Å²) in [6.07, 6.45) is 1.78. The van der Waals surface area contributed by atoms with Crippen LogP contribution < -0.4 is 0 Å². The van der Waals surface area contributed by atoms with Crippen LogP contribution >= 0.6 is 0 Å². The van der Waals surface area contributed by atoms with Crippen molar-refractivity contribution in [3.63, 3.8) is 0 Å². The predicted molar refractivity (Wildman–Crippen MR) is 83.9 cm³/mol. The molecule has 25 heavy (non-hydrogen) atoms. The maximum Gasteiger partial charge on any atom is 0.317 e. The molecular formula is C17H20O7S. The van der Waals surface area contributed by atoms with Crippen LogP contribution in [0.4, 0.5) is 0 Å². The minimum Gasteiger partial charge on any atom is -0.393 e. The van der Waals surface area contributed by atoms with Crippen LogP contribution in [0.15, 0.2) is 0 Å². The van der Waals surface area contributed by atoms with Gasteiger partial charge in [-0.25, -0.2) is 8.42 Å². The largest absolute Gasteiger partial charge is 0.393 e. The molecule has 1 heterocycles. The van der Waals surface area contributed by atoms with E-state index in [0.29, 0.717) is 25.7 Å². The summed E-state index contributed by atoms with van der Waals surface area (Å²) in [6, 6.07) is 0. The number of hydrogen-bond acceptors (Lipinski definition) is 7. The van der Waals surface area contributed by atoms with Gasteiger partial charge in [0.1, 0.15) is 11.6 Å². The Kier molecular flexibility index (Phi) is 3.86. The van der Waals surface area contributed by atoms with E-state index in [1.54, 1.807) is 0 Å². The van der Waals surface area contributed by atoms with Crippen LogP contribution in [0.25, 0.3) is 0 Å². The van der Waals surface area contributed by atoms with Gasteiger partial charge in [0.2, 0.25) is 0 Å². The second kappa shape index (κ2) is 5.72. The van der Waals surface area contributed by atoms with Crippen LogP contribution in [0.2, 0.25) is 0 Å². The molecule has 0 bridgehead atoms. The molecule has 1 saturated heterocycles. The zero-order chi connectivity index (χ0) is 17.9. The van der Waals surface area contributed by atoms with Crippen LogP contribution in [0.5, 0.6) is 0 Å². The molecule has 6 atom stereocenters. The van der Waals surface area contributed by atoms with Crippen molar-refractivity contribution in [2.45, 2.75) is 55.4 Å². The van der Waals surface area contributed by atoms with E-state index in [9.17, 15) is 27.6 Å². The van der Waals surface area contributed by atoms with E-state index >= 15 is 0 Å². The van der Waals surface area contributed by atoms with Crippen LogP contribution in [0, 0.1) is 23.7 Å². The molecule has 0 spiro atoms. The maximum absolute atomic E-state index is 13.1. The number of Topliss-reactive ketones (excluding diaryl/α,β-unsaturated/α-hetero) is 2. The number of sulfone groups is 1. The lowest BCUT2D eigenvalue weighted by Gasteiger charge is -2.34. The second-order valence-corrected chi connectivity index (χ2v) is 10.2. The molecule has 7 nitrogen and oxygen atoms in total. The van der Waals surface area contributed by atoms with Gasteiger partial charge in [-0.2, -0.15) is 0 Å². The number of ketones is 2. The van der Waals surface area contributed by atoms with Gasteiger partial charge in [-0.1, -0.05) is 0 Å². The average Bonchev–Trinajstić information content (AvgIpc) is 3.03. The number of fused-ring (bicyclic) bond motifs is 2. The summed E-state index contributed by atoms with van der Waals surface area (Å²) in [4.78, 5) is 47.2. The van der Waals surface area contributed by atoms with Gasteiger partial charge in [-0.3, -0.25) is 19.2 Å². The monoisotopic (exact) mass is 368 g/mol. The number of carbonyl (C=O) groups is 4. The summed E-state index contributed by atoms with van der Waals surface area (Å²) >= 11 is 0. The maximum atomic E-state index is 13.1. The first-order valence-electron chi connectivity index (χ1n) is 8.82. The Labute approximate surface area is 145 Å². The normalized spacial score (nSPS) is 41.4. The highest BCUT2D eigenvalue weighted by Crippen LogP contribution is 2.44. The van der Waals surface area contributed by atoms with Crippen molar-refractivity contribution in [1.29, 1.82) is 0 Å². The third kappa shape index (κ3) is 2.56. The standard InChI is InChI=1S/C17H20O7S/c18-14-7-15(19)12-5-8(1-3-10(12)14)25(22,23)9-2-4-11-13(6-9)17(21)24-16(11)20/h8-13H,1-7H2. The molecule has 6 unspecified atom stereocenters. The van der Waals surface area contributed by atoms with E-state index in [-0.39, 0.29) is 36.7 Å². The topological polar surface area (TPSA) is 112 Å². The minimum atomic E-state index is -3.53. The van der Waals surface area contributed by atoms with Crippen molar-refractivity contribution >= 4 is 33.3 Å². The van der Waals surface area contributed by atoms with Crippen molar-refractivity contribution in [1.82, 2.24) is 0 Å². The van der Waals surface area contributed by atoms with E-state index in [1.807, 2.05) is 0 Å². The first-order chi connectivity index (χ1) is 11.8. The molecular weight excluding hydrogens is 348 g/mol. The summed E-state index contributed by atoms with van der Waals surface area (Å²) < 4.78 is 30.8. The predicted octanol–water partition coefficient (Wildman–Crippen LogP) is 0.596. The van der Waals surface area contributed by atoms with Gasteiger partial charge in [0.05, 0.1) is 28.8 Å². The van der Waals surface area contributed by atoms with Crippen molar-refractivity contribution in [2.75, 3.05) is 0 Å². The van der Waals surface area contributed by atoms with Crippen molar-refractivity contribution in [2.24, 2.45) is 23.7 Å². The molecule has 1 aliphatic heterocycles. The smallest absolute Gasteiger partial charge is 0.317 e. The van der Waals surface area contributed by atoms with Crippen molar-refractivity contribution < 1.29 is 32.3 Å². The second-order valence-electron chi connectivity index (χ2n) is 7.73. The summed E-state index contributed by atoms with van der Waals surface area (Å²) in [5.74, 6) is -3.29. The van der Waals surface area contributed by atoms with Crippen molar-refractivity contribution in [3.8, 4) is 0 Å². The van der Waals surface area contributed by atoms with E-state index in [2.05, 4.69) is 4.74 Å². The summed E-state index contributed by atoms with van der Waals surface area (Å²) in [5, 5.41) is -1.32. The fraction of sp³-hybridized carbons (Fsp3) is 0.765. The van der Waals surface area contributed by atoms with Crippen molar-refractivity contribution in [3.05, 3.63) is 0 Å². The van der Waals surface area contributed by atoms with Gasteiger partial charge >= 0.3 is 11.9 Å². The van der Waals surface area contributed by atoms with E-state index in [1.165, 1.54) is 0 Å². The van der Waals surface area contributed by atoms with Crippen LogP contribution in [-0.2, 0) is 33.8 Å². The molecule has 0 amide bonds. The lowest BCUT2D eigenvalue weighted by molar-refractivity contribution is -0.153. The molecule has 136 valence electrons. The molecule has 0 aromatic carbocycles. The van der Waals surface area contributed by atoms with Gasteiger partial charge in [-0.05, 0) is 38.5 Å². The SMILES string of the molecule is O=C1CC(=O)C2CC(S(=O)(=O)C3CCC4C(=O)OC(=O)C4C3)CCC12. The number of ether oxygens (including phenoxy) is 1. The third-order valence-electron chi connectivity index (χ3n) is 6.52. The Morgan fingerprint density at radius 3 is 1.88 bits per heavy atom. The number of rotatable bonds is 2. The Balaban J connectivity index is 1.51. The summed E-state index contributed by atoms with van der Waals surface area (Å²) in [5.41, 5.74) is 0. The zero-order valence-electron chi connectivity index (χ0n) is 13.7. The Morgan fingerprint density at radius 1 is 0.680 bits per heavy atom. The molecule has 4 fully saturated rings. The number of cyclic esters (lactones) is 2. The van der Waals surface area contributed by atoms with E-state index in [0.717, 1.165) is 0 Å². The summed E-state index contributed by atoms with van der Waals surface area (Å²) in [6.45, 7) is 0. The molecule has 8 heteroatoms. The van der Waals surface area contributed by atoms with Gasteiger partial charge in [0, 0.05) is 11.8 Å². The van der Waals surface area contributed by atoms with E-state index in [4.69, 9.17) is 0 Å². The number of carbonyl (C=O) groups excluding carboxylic acids is 4. The third-order valence-corrected chi connectivity index (χ3v) is 9.23. The Hall–Kier alpha value is -1.57. The Bertz CT molecular complexity index is 710. The number of esters is 2. The van der Waals surface area contributed by atoms with Crippen LogP contribution in [0.1, 0.15) is 44.9 Å². The highest BCUT2D eigenvalue weighted by molar-refractivity contribution is 7.92. The molecule has 0 N–H and O–H groups in total. The quantitative estimate of drug-likeness (QED) is 0.518. The fourth-order valence-electron chi connectivity index (χ4n) is 5.10. The van der Waals surface area contributed by atoms with Gasteiger partial charge in [0.15, 0.2) is 9.84 Å². The fourth-order valence-corrected chi connectivity index (χ4v) is 7.53. The van der Waals surface area contributed by atoms with Gasteiger partial charge in [-0.15, -0.1) is 0 Å². The molecule has 3 saturated carbocycles. The molecule has 0 radical (unpaired) electrons. The van der Waals surface area contributed by atoms with Crippen LogP contribution in [-0.4, -0.2) is 42.4 Å². The van der Waals surface area contributed by atoms with E-state index < -0.39 is 50.0 Å². The molecule has 4 aliphatic rings. The molecule has 0 aromatic heterocycles. The lowest BCUT2D eigenvalue weighted by Crippen LogP contribution is -2.42. The number of hydrogen-bond donors (Lipinski definition) is 0. The molecule has 0 aromatic rings. The summed E-state index contributed by atoms with van der Waals surface area (Å²) in [7, 11) is -3.53. The highest BCUT2D eigenvalue weighted by Gasteiger charge is 2.53. The zero-order valence-corrected chi connectivity index (χ0v) is 14.5. The lowest BCUT2D eigenvalue weighted by atomic mass is 9.80.